The zero-order chi connectivity index (χ0) is 16.4. The highest BCUT2D eigenvalue weighted by Crippen LogP contribution is 2.19. The highest BCUT2D eigenvalue weighted by molar-refractivity contribution is 5.76. The van der Waals surface area contributed by atoms with Gasteiger partial charge in [-0.2, -0.15) is 5.10 Å². The van der Waals surface area contributed by atoms with E-state index in [1.165, 1.54) is 16.8 Å². The van der Waals surface area contributed by atoms with Crippen LogP contribution in [0.2, 0.25) is 0 Å². The van der Waals surface area contributed by atoms with Crippen LogP contribution in [0, 0.1) is 6.92 Å². The largest absolute Gasteiger partial charge is 0.336 e. The van der Waals surface area contributed by atoms with Crippen LogP contribution in [0.5, 0.6) is 0 Å². The third-order valence-corrected chi connectivity index (χ3v) is 4.06. The van der Waals surface area contributed by atoms with Gasteiger partial charge in [-0.05, 0) is 25.3 Å². The number of aromatic nitrogens is 4. The number of aryl methyl sites for hydroxylation is 1. The molecule has 122 valence electrons. The number of nitrogens with one attached hydrogen (secondary N) is 1. The van der Waals surface area contributed by atoms with Crippen molar-refractivity contribution in [2.24, 2.45) is 0 Å². The van der Waals surface area contributed by atoms with Crippen molar-refractivity contribution in [3.8, 4) is 0 Å². The molecule has 1 fully saturated rings. The lowest BCUT2D eigenvalue weighted by molar-refractivity contribution is -0.133. The first-order chi connectivity index (χ1) is 11.0. The molecule has 0 aliphatic carbocycles. The zero-order valence-corrected chi connectivity index (χ0v) is 12.9. The highest BCUT2D eigenvalue weighted by atomic mass is 16.2. The summed E-state index contributed by atoms with van der Waals surface area (Å²) in [5.41, 5.74) is 0.0526. The molecular weight excluding hydrogens is 298 g/mol. The summed E-state index contributed by atoms with van der Waals surface area (Å²) in [7, 11) is 0. The number of H-pyrrole nitrogens is 1. The van der Waals surface area contributed by atoms with Gasteiger partial charge in [-0.3, -0.25) is 23.8 Å². The third-order valence-electron chi connectivity index (χ3n) is 4.06. The van der Waals surface area contributed by atoms with Crippen LogP contribution >= 0.6 is 0 Å². The predicted octanol–water partition coefficient (Wildman–Crippen LogP) is -0.267. The first-order valence-corrected chi connectivity index (χ1v) is 7.61. The number of rotatable bonds is 4. The summed E-state index contributed by atoms with van der Waals surface area (Å²) in [6.45, 7) is 3.25. The van der Waals surface area contributed by atoms with Gasteiger partial charge in [-0.15, -0.1) is 0 Å². The van der Waals surface area contributed by atoms with Crippen molar-refractivity contribution in [1.82, 2.24) is 24.2 Å². The van der Waals surface area contributed by atoms with Gasteiger partial charge in [0.15, 0.2) is 0 Å². The number of amides is 1. The molecular formula is C15H19N5O3. The standard InChI is InChI=1S/C15H19N5O3/c1-11-7-16-19(8-11)9-12-3-2-5-20(12)14(22)10-18-6-4-13(21)17-15(18)23/h4,6-8,12H,2-3,5,9-10H2,1H3,(H,17,21,23). The van der Waals surface area contributed by atoms with Gasteiger partial charge in [0.1, 0.15) is 6.54 Å². The topological polar surface area (TPSA) is 93.0 Å². The summed E-state index contributed by atoms with van der Waals surface area (Å²) >= 11 is 0. The van der Waals surface area contributed by atoms with Gasteiger partial charge in [-0.1, -0.05) is 0 Å². The Hall–Kier alpha value is -2.64. The van der Waals surface area contributed by atoms with Crippen LogP contribution in [0.1, 0.15) is 18.4 Å². The van der Waals surface area contributed by atoms with Crippen molar-refractivity contribution >= 4 is 5.91 Å². The number of hydrogen-bond donors (Lipinski definition) is 1. The Kier molecular flexibility index (Phi) is 4.14. The predicted molar refractivity (Wildman–Crippen MR) is 83.0 cm³/mol. The molecule has 1 unspecified atom stereocenters. The minimum Gasteiger partial charge on any atom is -0.336 e. The monoisotopic (exact) mass is 317 g/mol. The Morgan fingerprint density at radius 3 is 2.96 bits per heavy atom. The molecule has 0 spiro atoms. The van der Waals surface area contributed by atoms with Gasteiger partial charge < -0.3 is 4.90 Å². The lowest BCUT2D eigenvalue weighted by atomic mass is 10.2. The summed E-state index contributed by atoms with van der Waals surface area (Å²) < 4.78 is 3.06. The number of carbonyl (C=O) groups excluding carboxylic acids is 1. The maximum atomic E-state index is 12.5. The van der Waals surface area contributed by atoms with Gasteiger partial charge in [0.25, 0.3) is 5.56 Å². The van der Waals surface area contributed by atoms with E-state index in [0.717, 1.165) is 18.4 Å². The van der Waals surface area contributed by atoms with Crippen LogP contribution in [-0.4, -0.2) is 42.7 Å². The van der Waals surface area contributed by atoms with Crippen LogP contribution in [0.15, 0.2) is 34.2 Å². The second kappa shape index (κ2) is 6.23. The van der Waals surface area contributed by atoms with E-state index < -0.39 is 11.2 Å². The fraction of sp³-hybridized carbons (Fsp3) is 0.467. The Balaban J connectivity index is 1.70. The van der Waals surface area contributed by atoms with Gasteiger partial charge in [-0.25, -0.2) is 4.79 Å². The van der Waals surface area contributed by atoms with Crippen molar-refractivity contribution in [3.05, 3.63) is 51.1 Å². The molecule has 0 saturated carbocycles. The highest BCUT2D eigenvalue weighted by Gasteiger charge is 2.29. The number of likely N-dealkylation sites (tertiary alicyclic amines) is 1. The van der Waals surface area contributed by atoms with E-state index in [0.29, 0.717) is 13.1 Å². The lowest BCUT2D eigenvalue weighted by Gasteiger charge is -2.25. The molecule has 1 aliphatic rings. The van der Waals surface area contributed by atoms with Crippen LogP contribution < -0.4 is 11.2 Å². The first-order valence-electron chi connectivity index (χ1n) is 7.61. The molecule has 3 rings (SSSR count). The summed E-state index contributed by atoms with van der Waals surface area (Å²) in [4.78, 5) is 39.2. The molecule has 8 nitrogen and oxygen atoms in total. The van der Waals surface area contributed by atoms with Crippen molar-refractivity contribution in [3.63, 3.8) is 0 Å². The van der Waals surface area contributed by atoms with Crippen molar-refractivity contribution < 1.29 is 4.79 Å². The molecule has 1 amide bonds. The number of carbonyl (C=O) groups is 1. The minimum absolute atomic E-state index is 0.0652. The zero-order valence-electron chi connectivity index (χ0n) is 12.9. The second-order valence-corrected chi connectivity index (χ2v) is 5.86. The van der Waals surface area contributed by atoms with Crippen molar-refractivity contribution in [2.75, 3.05) is 6.54 Å². The molecule has 0 radical (unpaired) electrons. The summed E-state index contributed by atoms with van der Waals surface area (Å²) in [6.07, 6.45) is 6.96. The summed E-state index contributed by atoms with van der Waals surface area (Å²) in [5, 5.41) is 4.26. The maximum Gasteiger partial charge on any atom is 0.328 e. The number of nitrogens with zero attached hydrogens (tertiary/aromatic N) is 4. The van der Waals surface area contributed by atoms with Gasteiger partial charge in [0.2, 0.25) is 5.91 Å². The molecule has 1 aliphatic heterocycles. The Bertz CT molecular complexity index is 819. The van der Waals surface area contributed by atoms with Crippen LogP contribution in [-0.2, 0) is 17.9 Å². The van der Waals surface area contributed by atoms with Gasteiger partial charge in [0.05, 0.1) is 18.8 Å². The first kappa shape index (κ1) is 15.3. The van der Waals surface area contributed by atoms with E-state index >= 15 is 0 Å². The lowest BCUT2D eigenvalue weighted by Crippen LogP contribution is -2.42. The van der Waals surface area contributed by atoms with Crippen LogP contribution in [0.25, 0.3) is 0 Å². The molecule has 0 aromatic carbocycles. The molecule has 2 aromatic heterocycles. The van der Waals surface area contributed by atoms with Gasteiger partial charge >= 0.3 is 5.69 Å². The molecule has 23 heavy (non-hydrogen) atoms. The normalized spacial score (nSPS) is 17.6. The maximum absolute atomic E-state index is 12.5. The second-order valence-electron chi connectivity index (χ2n) is 5.86. The molecule has 1 saturated heterocycles. The van der Waals surface area contributed by atoms with E-state index in [1.54, 1.807) is 11.1 Å². The van der Waals surface area contributed by atoms with E-state index in [1.807, 2.05) is 17.8 Å². The fourth-order valence-corrected chi connectivity index (χ4v) is 2.94. The SMILES string of the molecule is Cc1cnn(CC2CCCN2C(=O)Cn2ccc(=O)[nH]c2=O)c1. The van der Waals surface area contributed by atoms with E-state index in [4.69, 9.17) is 0 Å². The molecule has 8 heteroatoms. The van der Waals surface area contributed by atoms with E-state index in [-0.39, 0.29) is 18.5 Å². The minimum atomic E-state index is -0.565. The summed E-state index contributed by atoms with van der Waals surface area (Å²) in [6, 6.07) is 1.32. The average Bonchev–Trinajstić information content (AvgIpc) is 3.11. The van der Waals surface area contributed by atoms with Crippen LogP contribution in [0.3, 0.4) is 0 Å². The average molecular weight is 317 g/mol. The van der Waals surface area contributed by atoms with Crippen LogP contribution in [0.4, 0.5) is 0 Å². The van der Waals surface area contributed by atoms with E-state index in [9.17, 15) is 14.4 Å². The smallest absolute Gasteiger partial charge is 0.328 e. The molecule has 3 heterocycles. The molecule has 1 atom stereocenters. The molecule has 2 aromatic rings. The van der Waals surface area contributed by atoms with E-state index in [2.05, 4.69) is 10.1 Å². The van der Waals surface area contributed by atoms with Gasteiger partial charge in [0, 0.05) is 25.0 Å². The number of aromatic amines is 1. The Morgan fingerprint density at radius 2 is 2.26 bits per heavy atom. The third kappa shape index (κ3) is 3.41. The quantitative estimate of drug-likeness (QED) is 0.840. The number of hydrogen-bond acceptors (Lipinski definition) is 4. The molecule has 1 N–H and O–H groups in total. The summed E-state index contributed by atoms with van der Waals surface area (Å²) in [5.74, 6) is -0.120. The van der Waals surface area contributed by atoms with Crippen molar-refractivity contribution in [1.29, 1.82) is 0 Å². The fourth-order valence-electron chi connectivity index (χ4n) is 2.94. The Labute approximate surface area is 132 Å². The van der Waals surface area contributed by atoms with Crippen molar-refractivity contribution in [2.45, 2.75) is 38.9 Å². The Morgan fingerprint density at radius 1 is 1.43 bits per heavy atom. The molecule has 0 bridgehead atoms.